The second-order valence-corrected chi connectivity index (χ2v) is 11.1. The predicted molar refractivity (Wildman–Crippen MR) is 135 cm³/mol. The van der Waals surface area contributed by atoms with Gasteiger partial charge in [0.1, 0.15) is 5.82 Å². The Morgan fingerprint density at radius 1 is 0.971 bits per heavy atom. The molecule has 2 nitrogen and oxygen atoms in total. The molecule has 172 valence electrons. The predicted octanol–water partition coefficient (Wildman–Crippen LogP) is 7.77. The molecule has 4 fully saturated rings. The van der Waals surface area contributed by atoms with E-state index >= 15 is 0 Å². The normalized spacial score (nSPS) is 27.7. The Balaban J connectivity index is 1.33. The zero-order valence-corrected chi connectivity index (χ0v) is 20.0. The van der Waals surface area contributed by atoms with Gasteiger partial charge in [0.2, 0.25) is 0 Å². The summed E-state index contributed by atoms with van der Waals surface area (Å²) in [5, 5.41) is 9.70. The molecule has 0 radical (unpaired) electrons. The highest BCUT2D eigenvalue weighted by atomic mass is 19.1. The lowest BCUT2D eigenvalue weighted by Crippen LogP contribution is -2.48. The molecule has 7 rings (SSSR count). The molecule has 0 atom stereocenters. The Labute approximate surface area is 201 Å². The number of rotatable bonds is 4. The van der Waals surface area contributed by atoms with Gasteiger partial charge in [-0.05, 0) is 117 Å². The number of halogens is 1. The lowest BCUT2D eigenvalue weighted by Gasteiger charge is -2.57. The van der Waals surface area contributed by atoms with Crippen molar-refractivity contribution in [3.05, 3.63) is 88.5 Å². The van der Waals surface area contributed by atoms with Crippen LogP contribution in [0.25, 0.3) is 17.3 Å². The number of hydrogen-bond donors (Lipinski definition) is 0. The van der Waals surface area contributed by atoms with Gasteiger partial charge < -0.3 is 4.57 Å². The van der Waals surface area contributed by atoms with Gasteiger partial charge in [-0.2, -0.15) is 5.26 Å². The molecule has 4 bridgehead atoms. The Bertz CT molecular complexity index is 1280. The van der Waals surface area contributed by atoms with Crippen LogP contribution in [0.5, 0.6) is 0 Å². The van der Waals surface area contributed by atoms with Gasteiger partial charge in [0, 0.05) is 22.6 Å². The maximum atomic E-state index is 14.3. The third-order valence-corrected chi connectivity index (χ3v) is 8.83. The highest BCUT2D eigenvalue weighted by Crippen LogP contribution is 2.60. The van der Waals surface area contributed by atoms with Crippen molar-refractivity contribution in [3.63, 3.8) is 0 Å². The van der Waals surface area contributed by atoms with E-state index in [0.29, 0.717) is 16.6 Å². The van der Waals surface area contributed by atoms with Crippen molar-refractivity contribution < 1.29 is 4.39 Å². The van der Waals surface area contributed by atoms with Crippen LogP contribution in [0.1, 0.15) is 66.6 Å². The summed E-state index contributed by atoms with van der Waals surface area (Å²) >= 11 is 0. The highest BCUT2D eigenvalue weighted by Gasteiger charge is 2.51. The molecule has 1 aromatic heterocycles. The molecule has 4 aliphatic carbocycles. The van der Waals surface area contributed by atoms with Crippen molar-refractivity contribution in [3.8, 4) is 11.8 Å². The molecule has 0 spiro atoms. The smallest absolute Gasteiger partial charge is 0.131 e. The minimum absolute atomic E-state index is 0.342. The summed E-state index contributed by atoms with van der Waals surface area (Å²) in [4.78, 5) is 0. The molecule has 0 N–H and O–H groups in total. The standard InChI is InChI=1S/C31H31FN2/c1-20-11-25(15-26(19-33)29-5-3-4-6-30(29)32)21(2)34(20)28-9-7-27(8-10-28)31-16-22-12-23(17-31)14-24(13-22)18-31/h3-11,15,22-24H,12-14,16-18H2,1-2H3/b26-15-. The van der Waals surface area contributed by atoms with E-state index < -0.39 is 0 Å². The first kappa shape index (κ1) is 21.4. The van der Waals surface area contributed by atoms with E-state index in [1.165, 1.54) is 50.2 Å². The summed E-state index contributed by atoms with van der Waals surface area (Å²) in [5.74, 6) is 2.46. The van der Waals surface area contributed by atoms with E-state index in [1.807, 2.05) is 0 Å². The number of nitriles is 1. The van der Waals surface area contributed by atoms with Crippen LogP contribution in [-0.2, 0) is 5.41 Å². The number of hydrogen-bond acceptors (Lipinski definition) is 1. The summed E-state index contributed by atoms with van der Waals surface area (Å²) in [5.41, 5.74) is 6.88. The Hall–Kier alpha value is -3.12. The molecular weight excluding hydrogens is 419 g/mol. The Kier molecular flexibility index (Phi) is 5.03. The largest absolute Gasteiger partial charge is 0.318 e. The molecule has 3 aromatic rings. The number of benzene rings is 2. The molecule has 2 aromatic carbocycles. The van der Waals surface area contributed by atoms with Gasteiger partial charge in [0.15, 0.2) is 0 Å². The minimum atomic E-state index is -0.371. The molecule has 0 saturated heterocycles. The van der Waals surface area contributed by atoms with E-state index in [2.05, 4.69) is 54.8 Å². The Morgan fingerprint density at radius 2 is 1.59 bits per heavy atom. The molecular formula is C31H31FN2. The quantitative estimate of drug-likeness (QED) is 0.373. The second-order valence-electron chi connectivity index (χ2n) is 11.1. The van der Waals surface area contributed by atoms with Crippen LogP contribution < -0.4 is 0 Å². The van der Waals surface area contributed by atoms with Crippen LogP contribution in [0.3, 0.4) is 0 Å². The number of aryl methyl sites for hydroxylation is 1. The summed E-state index contributed by atoms with van der Waals surface area (Å²) in [7, 11) is 0. The van der Waals surface area contributed by atoms with Crippen molar-refractivity contribution in [2.24, 2.45) is 17.8 Å². The van der Waals surface area contributed by atoms with Gasteiger partial charge in [0.05, 0.1) is 11.6 Å². The van der Waals surface area contributed by atoms with Gasteiger partial charge in [-0.25, -0.2) is 4.39 Å². The molecule has 3 heteroatoms. The average molecular weight is 451 g/mol. The van der Waals surface area contributed by atoms with E-state index in [4.69, 9.17) is 0 Å². The summed E-state index contributed by atoms with van der Waals surface area (Å²) in [6.07, 6.45) is 10.3. The topological polar surface area (TPSA) is 28.7 Å². The molecule has 0 amide bonds. The molecule has 4 aliphatic rings. The third kappa shape index (κ3) is 3.43. The SMILES string of the molecule is Cc1cc(/C=C(/C#N)c2ccccc2F)c(C)n1-c1ccc(C23CC4CC(CC(C4)C2)C3)cc1. The molecule has 1 heterocycles. The third-order valence-electron chi connectivity index (χ3n) is 8.83. The van der Waals surface area contributed by atoms with Crippen molar-refractivity contribution in [1.82, 2.24) is 4.57 Å². The monoisotopic (exact) mass is 450 g/mol. The van der Waals surface area contributed by atoms with E-state index in [0.717, 1.165) is 40.4 Å². The number of aromatic nitrogens is 1. The van der Waals surface area contributed by atoms with E-state index in [1.54, 1.807) is 24.3 Å². The minimum Gasteiger partial charge on any atom is -0.318 e. The van der Waals surface area contributed by atoms with Crippen LogP contribution in [0.2, 0.25) is 0 Å². The second kappa shape index (κ2) is 7.98. The first-order valence-corrected chi connectivity index (χ1v) is 12.6. The van der Waals surface area contributed by atoms with Crippen LogP contribution in [-0.4, -0.2) is 4.57 Å². The summed E-state index contributed by atoms with van der Waals surface area (Å²) in [6, 6.07) is 20.0. The maximum Gasteiger partial charge on any atom is 0.131 e. The summed E-state index contributed by atoms with van der Waals surface area (Å²) in [6.45, 7) is 4.16. The fraction of sp³-hybridized carbons (Fsp3) is 0.387. The lowest BCUT2D eigenvalue weighted by atomic mass is 9.48. The lowest BCUT2D eigenvalue weighted by molar-refractivity contribution is -0.00518. The van der Waals surface area contributed by atoms with Crippen molar-refractivity contribution >= 4 is 11.6 Å². The zero-order valence-electron chi connectivity index (χ0n) is 20.0. The van der Waals surface area contributed by atoms with Crippen LogP contribution in [0, 0.1) is 48.7 Å². The van der Waals surface area contributed by atoms with Crippen molar-refractivity contribution in [2.45, 2.75) is 57.8 Å². The van der Waals surface area contributed by atoms with E-state index in [9.17, 15) is 9.65 Å². The number of allylic oxidation sites excluding steroid dienone is 1. The summed E-state index contributed by atoms with van der Waals surface area (Å²) < 4.78 is 16.5. The average Bonchev–Trinajstić information content (AvgIpc) is 3.10. The molecule has 0 aliphatic heterocycles. The van der Waals surface area contributed by atoms with Crippen LogP contribution in [0.15, 0.2) is 54.6 Å². The Morgan fingerprint density at radius 3 is 2.18 bits per heavy atom. The van der Waals surface area contributed by atoms with Gasteiger partial charge in [0.25, 0.3) is 0 Å². The van der Waals surface area contributed by atoms with Gasteiger partial charge in [-0.3, -0.25) is 0 Å². The first-order valence-electron chi connectivity index (χ1n) is 12.6. The zero-order chi connectivity index (χ0) is 23.4. The fourth-order valence-electron chi connectivity index (χ4n) is 7.76. The van der Waals surface area contributed by atoms with Crippen molar-refractivity contribution in [2.75, 3.05) is 0 Å². The fourth-order valence-corrected chi connectivity index (χ4v) is 7.76. The maximum absolute atomic E-state index is 14.3. The van der Waals surface area contributed by atoms with Gasteiger partial charge in [-0.15, -0.1) is 0 Å². The van der Waals surface area contributed by atoms with Gasteiger partial charge in [-0.1, -0.05) is 30.3 Å². The number of nitrogens with zero attached hydrogens (tertiary/aromatic N) is 2. The van der Waals surface area contributed by atoms with Crippen LogP contribution >= 0.6 is 0 Å². The molecule has 4 saturated carbocycles. The molecule has 34 heavy (non-hydrogen) atoms. The van der Waals surface area contributed by atoms with Gasteiger partial charge >= 0.3 is 0 Å². The molecule has 0 unspecified atom stereocenters. The van der Waals surface area contributed by atoms with Crippen LogP contribution in [0.4, 0.5) is 4.39 Å². The first-order chi connectivity index (χ1) is 16.5. The highest BCUT2D eigenvalue weighted by molar-refractivity contribution is 5.90. The van der Waals surface area contributed by atoms with E-state index in [-0.39, 0.29) is 5.82 Å². The van der Waals surface area contributed by atoms with Crippen molar-refractivity contribution in [1.29, 1.82) is 5.26 Å².